The largest absolute Gasteiger partial charge is 0.435 e. The van der Waals surface area contributed by atoms with Gasteiger partial charge in [0, 0.05) is 5.41 Å². The third kappa shape index (κ3) is 3.77. The van der Waals surface area contributed by atoms with Gasteiger partial charge in [-0.2, -0.15) is 14.0 Å². The number of nitrogens with zero attached hydrogens (tertiary/aromatic N) is 1. The minimum absolute atomic E-state index is 0.00244. The van der Waals surface area contributed by atoms with Gasteiger partial charge in [0.1, 0.15) is 11.7 Å². The van der Waals surface area contributed by atoms with Gasteiger partial charge < -0.3 is 4.74 Å². The molecule has 0 heterocycles. The Bertz CT molecular complexity index is 504. The van der Waals surface area contributed by atoms with E-state index in [0.717, 1.165) is 0 Å². The number of carbonyl (C=O) groups is 1. The van der Waals surface area contributed by atoms with Gasteiger partial charge in [-0.15, -0.1) is 0 Å². The highest BCUT2D eigenvalue weighted by Crippen LogP contribution is 2.31. The van der Waals surface area contributed by atoms with Gasteiger partial charge in [-0.1, -0.05) is 32.9 Å². The lowest BCUT2D eigenvalue weighted by Gasteiger charge is -2.23. The van der Waals surface area contributed by atoms with E-state index in [0.29, 0.717) is 12.0 Å². The highest BCUT2D eigenvalue weighted by atomic mass is 19.3. The zero-order chi connectivity index (χ0) is 15.3. The monoisotopic (exact) mass is 281 g/mol. The number of nitriles is 1. The average Bonchev–Trinajstić information content (AvgIpc) is 2.40. The quantitative estimate of drug-likeness (QED) is 0.794. The van der Waals surface area contributed by atoms with Crippen molar-refractivity contribution in [3.63, 3.8) is 0 Å². The molecule has 0 aliphatic rings. The van der Waals surface area contributed by atoms with Crippen molar-refractivity contribution >= 4 is 5.78 Å². The number of rotatable bonds is 6. The average molecular weight is 281 g/mol. The lowest BCUT2D eigenvalue weighted by molar-refractivity contribution is -0.127. The first-order valence-electron chi connectivity index (χ1n) is 6.30. The first-order chi connectivity index (χ1) is 9.31. The van der Waals surface area contributed by atoms with Crippen molar-refractivity contribution in [1.82, 2.24) is 0 Å². The van der Waals surface area contributed by atoms with E-state index in [2.05, 4.69) is 4.74 Å². The number of hydrogen-bond acceptors (Lipinski definition) is 3. The van der Waals surface area contributed by atoms with Crippen molar-refractivity contribution in [2.24, 2.45) is 5.41 Å². The molecule has 0 aliphatic carbocycles. The number of Topliss-reactive ketones (excluding diaryl/α,β-unsaturated/α-hetero) is 1. The Morgan fingerprint density at radius 1 is 1.35 bits per heavy atom. The van der Waals surface area contributed by atoms with Crippen molar-refractivity contribution in [2.45, 2.75) is 39.7 Å². The molecule has 0 aromatic heterocycles. The van der Waals surface area contributed by atoms with Gasteiger partial charge in [0.2, 0.25) is 0 Å². The van der Waals surface area contributed by atoms with Crippen LogP contribution in [0.2, 0.25) is 0 Å². The lowest BCUT2D eigenvalue weighted by atomic mass is 9.77. The number of halogens is 2. The first kappa shape index (κ1) is 16.1. The second-order valence-electron chi connectivity index (χ2n) is 5.11. The number of carbonyl (C=O) groups excluding carboxylic acids is 1. The zero-order valence-corrected chi connectivity index (χ0v) is 11.7. The number of benzene rings is 1. The van der Waals surface area contributed by atoms with Crippen molar-refractivity contribution in [3.05, 3.63) is 29.8 Å². The summed E-state index contributed by atoms with van der Waals surface area (Å²) in [5.41, 5.74) is -0.112. The van der Waals surface area contributed by atoms with Crippen LogP contribution in [0.1, 0.15) is 38.7 Å². The Morgan fingerprint density at radius 3 is 2.30 bits per heavy atom. The van der Waals surface area contributed by atoms with Crippen LogP contribution in [0.15, 0.2) is 24.3 Å². The molecular formula is C15H17F2NO2. The van der Waals surface area contributed by atoms with Gasteiger partial charge in [-0.05, 0) is 24.1 Å². The van der Waals surface area contributed by atoms with Crippen molar-refractivity contribution in [2.75, 3.05) is 0 Å². The standard InChI is InChI=1S/C15H17F2NO2/c1-4-15(2,3)13(19)12(9-18)10-5-7-11(8-6-10)20-14(16)17/h5-8,12,14H,4H2,1-3H3. The van der Waals surface area contributed by atoms with Crippen LogP contribution < -0.4 is 4.74 Å². The number of alkyl halides is 2. The van der Waals surface area contributed by atoms with E-state index >= 15 is 0 Å². The maximum Gasteiger partial charge on any atom is 0.387 e. The van der Waals surface area contributed by atoms with Crippen molar-refractivity contribution < 1.29 is 18.3 Å². The minimum Gasteiger partial charge on any atom is -0.435 e. The maximum absolute atomic E-state index is 12.3. The van der Waals surface area contributed by atoms with Crippen molar-refractivity contribution in [1.29, 1.82) is 5.26 Å². The molecule has 5 heteroatoms. The normalized spacial score (nSPS) is 12.8. The molecule has 0 amide bonds. The maximum atomic E-state index is 12.3. The molecule has 3 nitrogen and oxygen atoms in total. The Balaban J connectivity index is 2.97. The molecule has 0 aliphatic heterocycles. The molecule has 1 rings (SSSR count). The molecule has 0 fully saturated rings. The number of ether oxygens (including phenoxy) is 1. The third-order valence-corrected chi connectivity index (χ3v) is 3.38. The summed E-state index contributed by atoms with van der Waals surface area (Å²) in [6.45, 7) is 2.56. The molecule has 0 saturated heterocycles. The van der Waals surface area contributed by atoms with Crippen LogP contribution in [0.25, 0.3) is 0 Å². The van der Waals surface area contributed by atoms with Crippen LogP contribution >= 0.6 is 0 Å². The molecule has 1 atom stereocenters. The minimum atomic E-state index is -2.90. The van der Waals surface area contributed by atoms with Crippen molar-refractivity contribution in [3.8, 4) is 11.8 Å². The van der Waals surface area contributed by atoms with E-state index in [1.165, 1.54) is 24.3 Å². The van der Waals surface area contributed by atoms with Gasteiger partial charge in [0.05, 0.1) is 6.07 Å². The predicted molar refractivity (Wildman–Crippen MR) is 70.5 cm³/mol. The molecule has 0 radical (unpaired) electrons. The van der Waals surface area contributed by atoms with Crippen LogP contribution in [0.4, 0.5) is 8.78 Å². The van der Waals surface area contributed by atoms with Crippen LogP contribution in [-0.4, -0.2) is 12.4 Å². The van der Waals surface area contributed by atoms with Crippen LogP contribution in [0.5, 0.6) is 5.75 Å². The molecular weight excluding hydrogens is 264 g/mol. The van der Waals surface area contributed by atoms with Gasteiger partial charge in [-0.3, -0.25) is 4.79 Å². The molecule has 0 N–H and O–H groups in total. The third-order valence-electron chi connectivity index (χ3n) is 3.38. The highest BCUT2D eigenvalue weighted by molar-refractivity contribution is 5.92. The lowest BCUT2D eigenvalue weighted by Crippen LogP contribution is -2.28. The van der Waals surface area contributed by atoms with E-state index in [1.807, 2.05) is 13.0 Å². The summed E-state index contributed by atoms with van der Waals surface area (Å²) in [6, 6.07) is 7.58. The van der Waals surface area contributed by atoms with E-state index in [4.69, 9.17) is 0 Å². The molecule has 0 bridgehead atoms. The first-order valence-corrected chi connectivity index (χ1v) is 6.30. The van der Waals surface area contributed by atoms with Gasteiger partial charge >= 0.3 is 6.61 Å². The van der Waals surface area contributed by atoms with Crippen LogP contribution in [0, 0.1) is 16.7 Å². The summed E-state index contributed by atoms with van der Waals surface area (Å²) < 4.78 is 28.3. The topological polar surface area (TPSA) is 50.1 Å². The van der Waals surface area contributed by atoms with Gasteiger partial charge in [0.25, 0.3) is 0 Å². The van der Waals surface area contributed by atoms with E-state index < -0.39 is 17.9 Å². The summed E-state index contributed by atoms with van der Waals surface area (Å²) >= 11 is 0. The smallest absolute Gasteiger partial charge is 0.387 e. The van der Waals surface area contributed by atoms with Crippen LogP contribution in [0.3, 0.4) is 0 Å². The predicted octanol–water partition coefficient (Wildman–Crippen LogP) is 3.90. The summed E-state index contributed by atoms with van der Waals surface area (Å²) in [5, 5.41) is 9.20. The van der Waals surface area contributed by atoms with Crippen LogP contribution in [-0.2, 0) is 4.79 Å². The van der Waals surface area contributed by atoms with Gasteiger partial charge in [-0.25, -0.2) is 0 Å². The summed E-state index contributed by atoms with van der Waals surface area (Å²) in [7, 11) is 0. The second-order valence-corrected chi connectivity index (χ2v) is 5.11. The van der Waals surface area contributed by atoms with E-state index in [9.17, 15) is 18.8 Å². The molecule has 0 spiro atoms. The fourth-order valence-electron chi connectivity index (χ4n) is 1.69. The number of hydrogen-bond donors (Lipinski definition) is 0. The zero-order valence-electron chi connectivity index (χ0n) is 11.7. The Hall–Kier alpha value is -1.96. The molecule has 1 aromatic carbocycles. The fraction of sp³-hybridized carbons (Fsp3) is 0.467. The van der Waals surface area contributed by atoms with E-state index in [1.54, 1.807) is 13.8 Å². The highest BCUT2D eigenvalue weighted by Gasteiger charge is 2.33. The number of ketones is 1. The summed E-state index contributed by atoms with van der Waals surface area (Å²) in [6.07, 6.45) is 0.622. The molecule has 108 valence electrons. The molecule has 20 heavy (non-hydrogen) atoms. The Kier molecular flexibility index (Phi) is 5.20. The molecule has 1 unspecified atom stereocenters. The second kappa shape index (κ2) is 6.47. The fourth-order valence-corrected chi connectivity index (χ4v) is 1.69. The Labute approximate surface area is 117 Å². The van der Waals surface area contributed by atoms with E-state index in [-0.39, 0.29) is 11.5 Å². The summed E-state index contributed by atoms with van der Waals surface area (Å²) in [5.74, 6) is -1.07. The molecule has 0 saturated carbocycles. The van der Waals surface area contributed by atoms with Gasteiger partial charge in [0.15, 0.2) is 5.78 Å². The summed E-state index contributed by atoms with van der Waals surface area (Å²) in [4.78, 5) is 12.3. The molecule has 1 aromatic rings. The Morgan fingerprint density at radius 2 is 1.90 bits per heavy atom. The SMILES string of the molecule is CCC(C)(C)C(=O)C(C#N)c1ccc(OC(F)F)cc1.